The Kier molecular flexibility index (Phi) is 6.26. The van der Waals surface area contributed by atoms with E-state index >= 15 is 0 Å². The summed E-state index contributed by atoms with van der Waals surface area (Å²) in [5, 5.41) is 51.0. The van der Waals surface area contributed by atoms with Crippen LogP contribution in [-0.2, 0) is 16.9 Å². The number of hydrogen-bond acceptors (Lipinski definition) is 6. The van der Waals surface area contributed by atoms with E-state index < -0.39 is 30.2 Å². The molecule has 2 aromatic carbocycles. The second-order valence-corrected chi connectivity index (χ2v) is 7.37. The lowest BCUT2D eigenvalue weighted by molar-refractivity contribution is -0.353. The molecule has 0 aromatic heterocycles. The zero-order valence-electron chi connectivity index (χ0n) is 15.4. The van der Waals surface area contributed by atoms with Crippen molar-refractivity contribution in [3.8, 4) is 18.4 Å². The lowest BCUT2D eigenvalue weighted by Gasteiger charge is -2.45. The third kappa shape index (κ3) is 4.14. The lowest BCUT2D eigenvalue weighted by atomic mass is 9.86. The molecule has 0 radical (unpaired) electrons. The molecule has 29 heavy (non-hydrogen) atoms. The van der Waals surface area contributed by atoms with Crippen LogP contribution in [0.5, 0.6) is 0 Å². The summed E-state index contributed by atoms with van der Waals surface area (Å²) in [5.74, 6) is 0.230. The molecule has 0 spiro atoms. The molecule has 1 saturated heterocycles. The zero-order valence-corrected chi connectivity index (χ0v) is 16.1. The molecule has 2 aromatic rings. The van der Waals surface area contributed by atoms with Crippen molar-refractivity contribution in [3.63, 3.8) is 0 Å². The number of aliphatic hydroxyl groups is 4. The molecule has 6 nitrogen and oxygen atoms in total. The molecule has 3 rings (SSSR count). The van der Waals surface area contributed by atoms with Crippen LogP contribution in [-0.4, -0.2) is 44.8 Å². The maximum Gasteiger partial charge on any atom is 0.222 e. The van der Waals surface area contributed by atoms with Gasteiger partial charge in [0, 0.05) is 16.1 Å². The van der Waals surface area contributed by atoms with Crippen LogP contribution in [0, 0.1) is 23.7 Å². The predicted octanol–water partition coefficient (Wildman–Crippen LogP) is 1.45. The maximum atomic E-state index is 11.0. The van der Waals surface area contributed by atoms with Crippen LogP contribution in [0.2, 0.25) is 5.02 Å². The third-order valence-electron chi connectivity index (χ3n) is 5.05. The summed E-state index contributed by atoms with van der Waals surface area (Å²) in [6.45, 7) is 0. The zero-order chi connectivity index (χ0) is 21.2. The number of rotatable bonds is 4. The minimum atomic E-state index is -2.31. The molecule has 4 N–H and O–H groups in total. The van der Waals surface area contributed by atoms with Gasteiger partial charge in [-0.3, -0.25) is 0 Å². The quantitative estimate of drug-likeness (QED) is 0.564. The first-order chi connectivity index (χ1) is 13.8. The van der Waals surface area contributed by atoms with E-state index in [1.165, 1.54) is 6.07 Å². The van der Waals surface area contributed by atoms with Crippen molar-refractivity contribution in [1.29, 1.82) is 5.26 Å². The first-order valence-corrected chi connectivity index (χ1v) is 9.33. The highest BCUT2D eigenvalue weighted by atomic mass is 35.5. The number of nitrogens with zero attached hydrogens (tertiary/aromatic N) is 1. The van der Waals surface area contributed by atoms with Crippen molar-refractivity contribution in [2.24, 2.45) is 0 Å². The van der Waals surface area contributed by atoms with E-state index in [1.54, 1.807) is 24.3 Å². The lowest BCUT2D eigenvalue weighted by Crippen LogP contribution is -2.62. The Balaban J connectivity index is 1.94. The number of nitriles is 1. The smallest absolute Gasteiger partial charge is 0.222 e. The number of halogens is 1. The number of benzene rings is 2. The van der Waals surface area contributed by atoms with Crippen LogP contribution in [0.3, 0.4) is 0 Å². The fourth-order valence-electron chi connectivity index (χ4n) is 3.37. The maximum absolute atomic E-state index is 11.0. The Bertz CT molecular complexity index is 965. The van der Waals surface area contributed by atoms with Crippen molar-refractivity contribution in [2.75, 3.05) is 0 Å². The molecule has 0 unspecified atom stereocenters. The molecule has 0 aliphatic carbocycles. The third-order valence-corrected chi connectivity index (χ3v) is 5.42. The monoisotopic (exact) mass is 413 g/mol. The minimum Gasteiger partial charge on any atom is -0.388 e. The van der Waals surface area contributed by atoms with Crippen LogP contribution in [0.4, 0.5) is 0 Å². The molecular weight excluding hydrogens is 394 g/mol. The van der Waals surface area contributed by atoms with Gasteiger partial charge < -0.3 is 25.2 Å². The van der Waals surface area contributed by atoms with Gasteiger partial charge in [0.2, 0.25) is 5.79 Å². The van der Waals surface area contributed by atoms with Gasteiger partial charge in [-0.1, -0.05) is 35.7 Å². The summed E-state index contributed by atoms with van der Waals surface area (Å²) in [6, 6.07) is 13.7. The van der Waals surface area contributed by atoms with Crippen LogP contribution in [0.15, 0.2) is 42.5 Å². The van der Waals surface area contributed by atoms with Crippen LogP contribution in [0.25, 0.3) is 0 Å². The summed E-state index contributed by atoms with van der Waals surface area (Å²) in [5.41, 5.74) is 2.48. The molecule has 0 amide bonds. The Hall–Kier alpha value is -2.42. The van der Waals surface area contributed by atoms with Gasteiger partial charge in [0.15, 0.2) is 0 Å². The highest BCUT2D eigenvalue weighted by Gasteiger charge is 2.53. The second kappa shape index (κ2) is 8.52. The minimum absolute atomic E-state index is 0.151. The van der Waals surface area contributed by atoms with Crippen LogP contribution < -0.4 is 0 Å². The predicted molar refractivity (Wildman–Crippen MR) is 106 cm³/mol. The molecule has 1 heterocycles. The van der Waals surface area contributed by atoms with E-state index in [0.717, 1.165) is 11.1 Å². The van der Waals surface area contributed by atoms with E-state index in [-0.39, 0.29) is 12.0 Å². The van der Waals surface area contributed by atoms with Gasteiger partial charge in [0.1, 0.15) is 24.4 Å². The molecule has 1 aliphatic rings. The van der Waals surface area contributed by atoms with E-state index in [2.05, 4.69) is 5.92 Å². The summed E-state index contributed by atoms with van der Waals surface area (Å²) < 4.78 is 5.48. The summed E-state index contributed by atoms with van der Waals surface area (Å²) in [7, 11) is 0. The fourth-order valence-corrected chi connectivity index (χ4v) is 3.56. The van der Waals surface area contributed by atoms with Gasteiger partial charge >= 0.3 is 0 Å². The Labute approximate surface area is 173 Å². The normalized spacial score (nSPS) is 29.1. The van der Waals surface area contributed by atoms with Gasteiger partial charge in [-0.05, 0) is 41.8 Å². The Morgan fingerprint density at radius 1 is 1.10 bits per heavy atom. The second-order valence-electron chi connectivity index (χ2n) is 6.97. The van der Waals surface area contributed by atoms with Gasteiger partial charge in [0.05, 0.1) is 12.5 Å². The Morgan fingerprint density at radius 2 is 1.79 bits per heavy atom. The number of aliphatic hydroxyl groups excluding tert-OH is 3. The topological polar surface area (TPSA) is 114 Å². The molecule has 5 atom stereocenters. The first-order valence-electron chi connectivity index (χ1n) is 8.96. The average molecular weight is 414 g/mol. The van der Waals surface area contributed by atoms with E-state index in [1.807, 2.05) is 18.2 Å². The van der Waals surface area contributed by atoms with Gasteiger partial charge in [-0.15, -0.1) is 6.42 Å². The van der Waals surface area contributed by atoms with Crippen molar-refractivity contribution in [1.82, 2.24) is 0 Å². The number of terminal acetylenes is 1. The average Bonchev–Trinajstić information content (AvgIpc) is 2.72. The van der Waals surface area contributed by atoms with Crippen molar-refractivity contribution in [2.45, 2.75) is 43.0 Å². The molecule has 0 bridgehead atoms. The van der Waals surface area contributed by atoms with E-state index in [9.17, 15) is 20.4 Å². The molecule has 7 heteroatoms. The highest BCUT2D eigenvalue weighted by Crippen LogP contribution is 2.38. The summed E-state index contributed by atoms with van der Waals surface area (Å²) in [4.78, 5) is 0. The van der Waals surface area contributed by atoms with E-state index in [4.69, 9.17) is 28.0 Å². The summed E-state index contributed by atoms with van der Waals surface area (Å²) >= 11 is 6.31. The molecule has 1 fully saturated rings. The highest BCUT2D eigenvalue weighted by molar-refractivity contribution is 6.31. The largest absolute Gasteiger partial charge is 0.388 e. The van der Waals surface area contributed by atoms with Crippen molar-refractivity contribution >= 4 is 11.6 Å². The van der Waals surface area contributed by atoms with Crippen LogP contribution in [0.1, 0.15) is 28.7 Å². The number of hydrogen-bond donors (Lipinski definition) is 4. The molecule has 150 valence electrons. The molecule has 0 saturated carbocycles. The first kappa shape index (κ1) is 21.3. The van der Waals surface area contributed by atoms with Gasteiger partial charge in [-0.25, -0.2) is 0 Å². The van der Waals surface area contributed by atoms with Crippen molar-refractivity contribution < 1.29 is 25.2 Å². The summed E-state index contributed by atoms with van der Waals surface area (Å²) in [6.07, 6.45) is -0.667. The number of ether oxygens (including phenoxy) is 1. The molecular formula is C22H20ClNO5. The van der Waals surface area contributed by atoms with Gasteiger partial charge in [0.25, 0.3) is 0 Å². The van der Waals surface area contributed by atoms with E-state index in [0.29, 0.717) is 17.0 Å². The van der Waals surface area contributed by atoms with Gasteiger partial charge in [-0.2, -0.15) is 5.26 Å². The standard InChI is InChI=1S/C22H20ClNO5/c1-2-13-3-5-14(6-4-13)11-15-12-16(7-8-17(15)23)22(28)21(27)20(26)19(25)18(29-22)9-10-24/h1,3-8,12,18-21,25-28H,9,11H2/t18-,19-,20+,21-,22+/m1/s1. The van der Waals surface area contributed by atoms with Crippen LogP contribution >= 0.6 is 11.6 Å². The van der Waals surface area contributed by atoms with Crippen molar-refractivity contribution in [3.05, 3.63) is 69.7 Å². The SMILES string of the molecule is C#Cc1ccc(Cc2cc([C@]3(O)O[C@H](CC#N)[C@@H](O)[C@H](O)[C@H]3O)ccc2Cl)cc1. The fraction of sp³-hybridized carbons (Fsp3) is 0.318. The Morgan fingerprint density at radius 3 is 2.41 bits per heavy atom. The molecule has 1 aliphatic heterocycles.